The average molecular weight is 304 g/mol. The molecule has 2 rings (SSSR count). The minimum absolute atomic E-state index is 0. The van der Waals surface area contributed by atoms with Crippen LogP contribution in [0.15, 0.2) is 22.8 Å². The summed E-state index contributed by atoms with van der Waals surface area (Å²) in [6, 6.07) is 0. The van der Waals surface area contributed by atoms with Crippen LogP contribution < -0.4 is 0 Å². The quantitative estimate of drug-likeness (QED) is 0.564. The van der Waals surface area contributed by atoms with Gasteiger partial charge in [-0.05, 0) is 0 Å². The first-order valence-corrected chi connectivity index (χ1v) is 5.57. The van der Waals surface area contributed by atoms with Crippen molar-refractivity contribution in [1.29, 1.82) is 0 Å². The molecule has 0 N–H and O–H groups in total. The third kappa shape index (κ3) is 3.26. The van der Waals surface area contributed by atoms with Gasteiger partial charge in [-0.3, -0.25) is 0 Å². The second-order valence-corrected chi connectivity index (χ2v) is 5.72. The summed E-state index contributed by atoms with van der Waals surface area (Å²) >= 11 is 2.37. The van der Waals surface area contributed by atoms with Gasteiger partial charge in [-0.1, -0.05) is 0 Å². The summed E-state index contributed by atoms with van der Waals surface area (Å²) in [5, 5.41) is 0. The van der Waals surface area contributed by atoms with Crippen LogP contribution in [0, 0.1) is 0 Å². The molecule has 0 saturated carbocycles. The molecule has 0 aromatic heterocycles. The maximum atomic E-state index is 2.43. The minimum atomic E-state index is 0. The molecule has 2 aliphatic carbocycles. The Balaban J connectivity index is 0. The molecule has 0 amide bonds. The predicted molar refractivity (Wildman–Crippen MR) is 69.4 cm³/mol. The zero-order valence-electron chi connectivity index (χ0n) is 9.13. The van der Waals surface area contributed by atoms with E-state index in [2.05, 4.69) is 40.4 Å². The van der Waals surface area contributed by atoms with Gasteiger partial charge in [0.2, 0.25) is 0 Å². The number of rotatable bonds is 0. The van der Waals surface area contributed by atoms with E-state index in [1.807, 2.05) is 0 Å². The summed E-state index contributed by atoms with van der Waals surface area (Å²) in [6.45, 7) is 4.64. The van der Waals surface area contributed by atoms with E-state index in [-0.39, 0.29) is 37.2 Å². The Morgan fingerprint density at radius 2 is 1.67 bits per heavy atom. The first kappa shape index (κ1) is 18.4. The summed E-state index contributed by atoms with van der Waals surface area (Å²) in [5.74, 6) is 0. The Kier molecular flexibility index (Phi) is 8.25. The molecular formula is C11H18Cl3Ti. The molecule has 0 heterocycles. The van der Waals surface area contributed by atoms with Crippen LogP contribution in [0.2, 0.25) is 3.72 Å². The first-order valence-electron chi connectivity index (χ1n) is 4.78. The van der Waals surface area contributed by atoms with E-state index in [9.17, 15) is 0 Å². The van der Waals surface area contributed by atoms with E-state index in [4.69, 9.17) is 0 Å². The van der Waals surface area contributed by atoms with Gasteiger partial charge in [-0.15, -0.1) is 37.2 Å². The first-order chi connectivity index (χ1) is 5.62. The largest absolute Gasteiger partial charge is 0.147 e. The van der Waals surface area contributed by atoms with Gasteiger partial charge in [-0.25, -0.2) is 0 Å². The number of hydrogen-bond donors (Lipinski definition) is 0. The van der Waals surface area contributed by atoms with Crippen molar-refractivity contribution in [3.63, 3.8) is 0 Å². The normalized spacial score (nSPS) is 27.9. The summed E-state index contributed by atoms with van der Waals surface area (Å²) < 4.78 is 0.385. The zero-order valence-corrected chi connectivity index (χ0v) is 13.1. The summed E-state index contributed by atoms with van der Waals surface area (Å²) in [4.78, 5) is 0. The second kappa shape index (κ2) is 6.72. The van der Waals surface area contributed by atoms with Crippen molar-refractivity contribution in [2.45, 2.75) is 43.3 Å². The SMILES string of the molecule is CC1=CC2=C(CCCC2)[C]1(C)[Ti].Cl.Cl.Cl. The number of hydrogen-bond acceptors (Lipinski definition) is 0. The van der Waals surface area contributed by atoms with Crippen LogP contribution in [0.1, 0.15) is 39.5 Å². The maximum absolute atomic E-state index is 2.43. The van der Waals surface area contributed by atoms with Crippen molar-refractivity contribution in [3.8, 4) is 0 Å². The molecular weight excluding hydrogens is 286 g/mol. The Morgan fingerprint density at radius 3 is 2.20 bits per heavy atom. The van der Waals surface area contributed by atoms with Crippen molar-refractivity contribution in [1.82, 2.24) is 0 Å². The third-order valence-electron chi connectivity index (χ3n) is 3.29. The van der Waals surface area contributed by atoms with Gasteiger partial charge >= 0.3 is 86.5 Å². The second-order valence-electron chi connectivity index (χ2n) is 4.16. The molecule has 1 unspecified atom stereocenters. The van der Waals surface area contributed by atoms with E-state index in [0.717, 1.165) is 0 Å². The molecule has 15 heavy (non-hydrogen) atoms. The maximum Gasteiger partial charge on any atom is -0.147 e. The smallest absolute Gasteiger partial charge is 0.147 e. The fraction of sp³-hybridized carbons (Fsp3) is 0.636. The van der Waals surface area contributed by atoms with Crippen LogP contribution in [0.5, 0.6) is 0 Å². The molecule has 0 aliphatic heterocycles. The van der Waals surface area contributed by atoms with Crippen LogP contribution in [0.4, 0.5) is 0 Å². The van der Waals surface area contributed by atoms with Crippen molar-refractivity contribution in [2.75, 3.05) is 0 Å². The molecule has 0 saturated heterocycles. The van der Waals surface area contributed by atoms with Crippen LogP contribution in [0.25, 0.3) is 0 Å². The molecule has 0 nitrogen and oxygen atoms in total. The van der Waals surface area contributed by atoms with Gasteiger partial charge < -0.3 is 0 Å². The Hall–Kier alpha value is 1.06. The Bertz CT molecular complexity index is 280. The molecule has 87 valence electrons. The van der Waals surface area contributed by atoms with Crippen LogP contribution in [0.3, 0.4) is 0 Å². The van der Waals surface area contributed by atoms with Gasteiger partial charge in [-0.2, -0.15) is 0 Å². The molecule has 0 fully saturated rings. The Morgan fingerprint density at radius 1 is 1.13 bits per heavy atom. The van der Waals surface area contributed by atoms with E-state index in [0.29, 0.717) is 3.72 Å². The average Bonchev–Trinajstić information content (AvgIpc) is 2.25. The summed E-state index contributed by atoms with van der Waals surface area (Å²) in [5.41, 5.74) is 4.95. The topological polar surface area (TPSA) is 0 Å². The van der Waals surface area contributed by atoms with Crippen molar-refractivity contribution in [3.05, 3.63) is 22.8 Å². The summed E-state index contributed by atoms with van der Waals surface area (Å²) in [6.07, 6.45) is 7.91. The monoisotopic (exact) mass is 303 g/mol. The van der Waals surface area contributed by atoms with Crippen molar-refractivity contribution < 1.29 is 20.4 Å². The molecule has 0 bridgehead atoms. The standard InChI is InChI=1S/C11H15.3ClH.Ti/c1-8-7-10-5-3-4-6-11(10)9(8)2;;;;/h7H,3-6H2,1-2H3;3*1H;. The van der Waals surface area contributed by atoms with Gasteiger partial charge in [0.1, 0.15) is 0 Å². The third-order valence-corrected chi connectivity index (χ3v) is 4.38. The predicted octanol–water partition coefficient (Wildman–Crippen LogP) is 4.81. The molecule has 2 aliphatic rings. The van der Waals surface area contributed by atoms with Crippen LogP contribution in [-0.4, -0.2) is 0 Å². The molecule has 0 spiro atoms. The van der Waals surface area contributed by atoms with Crippen LogP contribution >= 0.6 is 37.2 Å². The van der Waals surface area contributed by atoms with Crippen molar-refractivity contribution >= 4 is 37.2 Å². The number of allylic oxidation sites excluding steroid dienone is 4. The molecule has 0 radical (unpaired) electrons. The fourth-order valence-corrected chi connectivity index (χ4v) is 2.86. The van der Waals surface area contributed by atoms with Gasteiger partial charge in [0.05, 0.1) is 0 Å². The van der Waals surface area contributed by atoms with Crippen molar-refractivity contribution in [2.24, 2.45) is 0 Å². The minimum Gasteiger partial charge on any atom is -0.147 e. The van der Waals surface area contributed by atoms with Gasteiger partial charge in [0, 0.05) is 0 Å². The van der Waals surface area contributed by atoms with E-state index in [1.165, 1.54) is 25.7 Å². The van der Waals surface area contributed by atoms with E-state index < -0.39 is 0 Å². The van der Waals surface area contributed by atoms with Gasteiger partial charge in [0.15, 0.2) is 0 Å². The molecule has 4 heteroatoms. The molecule has 0 aromatic rings. The molecule has 0 aromatic carbocycles. The number of halogens is 3. The fourth-order valence-electron chi connectivity index (χ4n) is 2.30. The van der Waals surface area contributed by atoms with Gasteiger partial charge in [0.25, 0.3) is 0 Å². The van der Waals surface area contributed by atoms with E-state index >= 15 is 0 Å². The summed E-state index contributed by atoms with van der Waals surface area (Å²) in [7, 11) is 0. The van der Waals surface area contributed by atoms with Crippen LogP contribution in [-0.2, 0) is 20.4 Å². The van der Waals surface area contributed by atoms with E-state index in [1.54, 1.807) is 16.7 Å². The zero-order chi connectivity index (χ0) is 8.77. The molecule has 1 atom stereocenters. The Labute approximate surface area is 123 Å².